The fourth-order valence-corrected chi connectivity index (χ4v) is 3.25. The van der Waals surface area contributed by atoms with Gasteiger partial charge in [0.1, 0.15) is 0 Å². The number of nitrogens with one attached hydrogen (secondary N) is 2. The second-order valence-corrected chi connectivity index (χ2v) is 6.19. The van der Waals surface area contributed by atoms with Gasteiger partial charge in [-0.3, -0.25) is 0 Å². The molecule has 1 atom stereocenters. The van der Waals surface area contributed by atoms with Crippen LogP contribution in [0, 0.1) is 6.92 Å². The van der Waals surface area contributed by atoms with Crippen molar-refractivity contribution >= 4 is 23.1 Å². The number of aliphatic hydroxyl groups is 1. The fourth-order valence-electron chi connectivity index (χ4n) is 2.35. The van der Waals surface area contributed by atoms with Gasteiger partial charge >= 0.3 is 6.03 Å². The Kier molecular flexibility index (Phi) is 6.43. The number of benzene rings is 1. The Morgan fingerprint density at radius 1 is 1.23 bits per heavy atom. The van der Waals surface area contributed by atoms with Crippen LogP contribution in [0.25, 0.3) is 0 Å². The summed E-state index contributed by atoms with van der Waals surface area (Å²) in [6.07, 6.45) is 1.55. The Balaban J connectivity index is 1.79. The molecule has 4 nitrogen and oxygen atoms in total. The number of hydrogen-bond acceptors (Lipinski definition) is 3. The maximum absolute atomic E-state index is 11.9. The lowest BCUT2D eigenvalue weighted by molar-refractivity contribution is 0.250. The van der Waals surface area contributed by atoms with Crippen molar-refractivity contribution in [2.45, 2.75) is 25.7 Å². The van der Waals surface area contributed by atoms with Crippen LogP contribution in [-0.4, -0.2) is 24.3 Å². The molecule has 2 rings (SSSR count). The highest BCUT2D eigenvalue weighted by Gasteiger charge is 2.12. The van der Waals surface area contributed by atoms with Gasteiger partial charge in [0, 0.05) is 23.7 Å². The van der Waals surface area contributed by atoms with Gasteiger partial charge in [-0.2, -0.15) is 0 Å². The Morgan fingerprint density at radius 3 is 2.73 bits per heavy atom. The number of anilines is 1. The number of para-hydroxylation sites is 1. The number of carbonyl (C=O) groups excluding carboxylic acids is 1. The summed E-state index contributed by atoms with van der Waals surface area (Å²) >= 11 is 1.69. The summed E-state index contributed by atoms with van der Waals surface area (Å²) < 4.78 is 0. The summed E-state index contributed by atoms with van der Waals surface area (Å²) in [4.78, 5) is 13.2. The molecule has 3 N–H and O–H groups in total. The molecule has 1 aromatic heterocycles. The van der Waals surface area contributed by atoms with Gasteiger partial charge in [0.15, 0.2) is 0 Å². The third-order valence-electron chi connectivity index (χ3n) is 3.59. The number of aliphatic hydroxyl groups excluding tert-OH is 1. The van der Waals surface area contributed by atoms with Crippen LogP contribution in [0.2, 0.25) is 0 Å². The van der Waals surface area contributed by atoms with Crippen LogP contribution in [0.5, 0.6) is 0 Å². The first-order valence-corrected chi connectivity index (χ1v) is 8.33. The Morgan fingerprint density at radius 2 is 2.05 bits per heavy atom. The van der Waals surface area contributed by atoms with Gasteiger partial charge in [0.05, 0.1) is 0 Å². The van der Waals surface area contributed by atoms with Crippen molar-refractivity contribution < 1.29 is 9.90 Å². The van der Waals surface area contributed by atoms with Crippen LogP contribution in [0.3, 0.4) is 0 Å². The van der Waals surface area contributed by atoms with Gasteiger partial charge < -0.3 is 15.7 Å². The van der Waals surface area contributed by atoms with Crippen LogP contribution in [0.1, 0.15) is 29.2 Å². The van der Waals surface area contributed by atoms with Crippen molar-refractivity contribution in [1.82, 2.24) is 5.32 Å². The molecule has 0 aliphatic heterocycles. The fraction of sp³-hybridized carbons (Fsp3) is 0.353. The zero-order chi connectivity index (χ0) is 15.8. The quantitative estimate of drug-likeness (QED) is 0.728. The Bertz CT molecular complexity index is 584. The van der Waals surface area contributed by atoms with Crippen LogP contribution in [0.4, 0.5) is 10.5 Å². The van der Waals surface area contributed by atoms with Gasteiger partial charge in [-0.05, 0) is 48.8 Å². The Labute approximate surface area is 135 Å². The third-order valence-corrected chi connectivity index (χ3v) is 4.63. The molecule has 0 unspecified atom stereocenters. The third kappa shape index (κ3) is 4.86. The zero-order valence-corrected chi connectivity index (χ0v) is 13.5. The molecule has 0 spiro atoms. The number of urea groups is 1. The molecular weight excluding hydrogens is 296 g/mol. The number of hydrogen-bond donors (Lipinski definition) is 3. The smallest absolute Gasteiger partial charge is 0.319 e. The summed E-state index contributed by atoms with van der Waals surface area (Å²) in [5, 5.41) is 17.0. The molecule has 0 radical (unpaired) electrons. The van der Waals surface area contributed by atoms with Gasteiger partial charge in [-0.15, -0.1) is 11.3 Å². The normalized spacial score (nSPS) is 11.9. The van der Waals surface area contributed by atoms with E-state index in [4.69, 9.17) is 0 Å². The molecule has 0 bridgehead atoms. The second-order valence-electron chi connectivity index (χ2n) is 5.21. The van der Waals surface area contributed by atoms with Gasteiger partial charge in [0.25, 0.3) is 0 Å². The summed E-state index contributed by atoms with van der Waals surface area (Å²) in [6.45, 7) is 2.71. The first-order valence-electron chi connectivity index (χ1n) is 7.45. The summed E-state index contributed by atoms with van der Waals surface area (Å²) in [5.74, 6) is 0.295. The largest absolute Gasteiger partial charge is 0.396 e. The van der Waals surface area contributed by atoms with Gasteiger partial charge in [0.2, 0.25) is 0 Å². The monoisotopic (exact) mass is 318 g/mol. The van der Waals surface area contributed by atoms with E-state index in [2.05, 4.69) is 16.7 Å². The highest BCUT2D eigenvalue weighted by molar-refractivity contribution is 7.10. The van der Waals surface area contributed by atoms with Crippen LogP contribution in [-0.2, 0) is 0 Å². The van der Waals surface area contributed by atoms with E-state index in [0.29, 0.717) is 12.5 Å². The van der Waals surface area contributed by atoms with E-state index in [1.54, 1.807) is 11.3 Å². The van der Waals surface area contributed by atoms with E-state index < -0.39 is 0 Å². The molecule has 22 heavy (non-hydrogen) atoms. The lowest BCUT2D eigenvalue weighted by Gasteiger charge is -2.15. The standard InChI is InChI=1S/C17H22N2O2S/c1-13-5-2-3-6-15(13)19-17(21)18-10-8-14(9-11-20)16-7-4-12-22-16/h2-7,12,14,20H,8-11H2,1H3,(H2,18,19,21)/t14-/m1/s1. The number of rotatable bonds is 7. The first kappa shape index (κ1) is 16.5. The van der Waals surface area contributed by atoms with Crippen molar-refractivity contribution in [3.63, 3.8) is 0 Å². The van der Waals surface area contributed by atoms with E-state index in [-0.39, 0.29) is 12.6 Å². The molecule has 0 saturated carbocycles. The van der Waals surface area contributed by atoms with E-state index in [1.165, 1.54) is 4.88 Å². The predicted octanol–water partition coefficient (Wildman–Crippen LogP) is 3.73. The van der Waals surface area contributed by atoms with E-state index in [9.17, 15) is 9.90 Å². The molecule has 0 saturated heterocycles. The zero-order valence-electron chi connectivity index (χ0n) is 12.7. The number of carbonyl (C=O) groups is 1. The average molecular weight is 318 g/mol. The maximum atomic E-state index is 11.9. The molecule has 1 aromatic carbocycles. The summed E-state index contributed by atoms with van der Waals surface area (Å²) in [7, 11) is 0. The number of amides is 2. The topological polar surface area (TPSA) is 61.4 Å². The SMILES string of the molecule is Cc1ccccc1NC(=O)NCC[C@H](CCO)c1cccs1. The summed E-state index contributed by atoms with van der Waals surface area (Å²) in [6, 6.07) is 11.6. The van der Waals surface area contributed by atoms with Crippen molar-refractivity contribution in [3.05, 3.63) is 52.2 Å². The highest BCUT2D eigenvalue weighted by atomic mass is 32.1. The van der Waals surface area contributed by atoms with Crippen molar-refractivity contribution in [3.8, 4) is 0 Å². The van der Waals surface area contributed by atoms with Crippen LogP contribution >= 0.6 is 11.3 Å². The summed E-state index contributed by atoms with van der Waals surface area (Å²) in [5.41, 5.74) is 1.86. The van der Waals surface area contributed by atoms with Crippen LogP contribution in [0.15, 0.2) is 41.8 Å². The van der Waals surface area contributed by atoms with E-state index in [0.717, 1.165) is 24.1 Å². The minimum atomic E-state index is -0.191. The molecule has 0 aliphatic rings. The lowest BCUT2D eigenvalue weighted by atomic mass is 10.00. The van der Waals surface area contributed by atoms with Gasteiger partial charge in [-0.25, -0.2) is 4.79 Å². The van der Waals surface area contributed by atoms with Crippen molar-refractivity contribution in [2.75, 3.05) is 18.5 Å². The second kappa shape index (κ2) is 8.56. The number of thiophene rings is 1. The van der Waals surface area contributed by atoms with Gasteiger partial charge in [-0.1, -0.05) is 24.3 Å². The van der Waals surface area contributed by atoms with Crippen molar-refractivity contribution in [1.29, 1.82) is 0 Å². The molecule has 0 fully saturated rings. The van der Waals surface area contributed by atoms with E-state index in [1.807, 2.05) is 42.6 Å². The maximum Gasteiger partial charge on any atom is 0.319 e. The molecule has 0 aliphatic carbocycles. The highest BCUT2D eigenvalue weighted by Crippen LogP contribution is 2.26. The minimum absolute atomic E-state index is 0.165. The van der Waals surface area contributed by atoms with E-state index >= 15 is 0 Å². The lowest BCUT2D eigenvalue weighted by Crippen LogP contribution is -2.30. The molecular formula is C17H22N2O2S. The first-order chi connectivity index (χ1) is 10.7. The molecule has 2 aromatic rings. The molecule has 118 valence electrons. The average Bonchev–Trinajstić information content (AvgIpc) is 3.03. The van der Waals surface area contributed by atoms with Crippen LogP contribution < -0.4 is 10.6 Å². The number of aryl methyl sites for hydroxylation is 1. The predicted molar refractivity (Wildman–Crippen MR) is 91.6 cm³/mol. The molecule has 5 heteroatoms. The van der Waals surface area contributed by atoms with Crippen molar-refractivity contribution in [2.24, 2.45) is 0 Å². The molecule has 2 amide bonds. The minimum Gasteiger partial charge on any atom is -0.396 e. The molecule has 1 heterocycles. The Hall–Kier alpha value is -1.85.